The summed E-state index contributed by atoms with van der Waals surface area (Å²) in [7, 11) is 1.50. The second-order valence-electron chi connectivity index (χ2n) is 4.25. The molecule has 1 atom stereocenters. The summed E-state index contributed by atoms with van der Waals surface area (Å²) in [6, 6.07) is 3.98. The molecular weight excluding hydrogens is 262 g/mol. The van der Waals surface area contributed by atoms with Crippen molar-refractivity contribution in [3.63, 3.8) is 0 Å². The van der Waals surface area contributed by atoms with Crippen molar-refractivity contribution < 1.29 is 14.5 Å². The predicted molar refractivity (Wildman–Crippen MR) is 74.6 cm³/mol. The molecule has 1 aromatic carbocycles. The molecule has 0 bridgehead atoms. The molecule has 0 aliphatic heterocycles. The average molecular weight is 281 g/mol. The van der Waals surface area contributed by atoms with Crippen LogP contribution in [0.2, 0.25) is 0 Å². The Labute approximate surface area is 117 Å². The summed E-state index contributed by atoms with van der Waals surface area (Å²) in [6.45, 7) is 4.44. The molecule has 1 unspecified atom stereocenters. The normalized spacial score (nSPS) is 11.8. The van der Waals surface area contributed by atoms with Crippen LogP contribution in [0, 0.1) is 10.1 Å². The topological polar surface area (TPSA) is 93.5 Å². The minimum atomic E-state index is -0.462. The summed E-state index contributed by atoms with van der Waals surface area (Å²) >= 11 is 0. The lowest BCUT2D eigenvalue weighted by Gasteiger charge is -2.14. The number of hydrogen-bond donors (Lipinski definition) is 2. The second-order valence-corrected chi connectivity index (χ2v) is 4.25. The van der Waals surface area contributed by atoms with Crippen LogP contribution in [0.5, 0.6) is 5.75 Å². The Morgan fingerprint density at radius 2 is 2.20 bits per heavy atom. The smallest absolute Gasteiger partial charge is 0.270 e. The summed E-state index contributed by atoms with van der Waals surface area (Å²) in [5.41, 5.74) is 0.631. The van der Waals surface area contributed by atoms with Crippen molar-refractivity contribution >= 4 is 11.6 Å². The van der Waals surface area contributed by atoms with Gasteiger partial charge in [-0.1, -0.05) is 0 Å². The Balaban J connectivity index is 2.77. The molecule has 0 aliphatic rings. The summed E-state index contributed by atoms with van der Waals surface area (Å²) in [5.74, 6) is 0.433. The third-order valence-corrected chi connectivity index (χ3v) is 2.82. The van der Waals surface area contributed by atoms with E-state index in [1.165, 1.54) is 19.2 Å². The lowest BCUT2D eigenvalue weighted by molar-refractivity contribution is -0.384. The molecular formula is C13H19N3O4. The fraction of sp³-hybridized carbons (Fsp3) is 0.462. The highest BCUT2D eigenvalue weighted by Gasteiger charge is 2.14. The van der Waals surface area contributed by atoms with Gasteiger partial charge >= 0.3 is 0 Å². The van der Waals surface area contributed by atoms with E-state index in [1.807, 2.05) is 6.92 Å². The Morgan fingerprint density at radius 1 is 1.50 bits per heavy atom. The Bertz CT molecular complexity index is 491. The largest absolute Gasteiger partial charge is 0.496 e. The van der Waals surface area contributed by atoms with Gasteiger partial charge in [0.2, 0.25) is 5.91 Å². The molecule has 1 amide bonds. The fourth-order valence-electron chi connectivity index (χ4n) is 1.70. The quantitative estimate of drug-likeness (QED) is 0.579. The zero-order chi connectivity index (χ0) is 15.1. The maximum atomic E-state index is 11.6. The number of benzene rings is 1. The standard InChI is InChI=1S/C13H19N3O4/c1-4-14-13(17)9(2)15-8-10-7-11(16(18)19)5-6-12(10)20-3/h5-7,9,15H,4,8H2,1-3H3,(H,14,17). The number of rotatable bonds is 7. The molecule has 110 valence electrons. The molecule has 1 aromatic rings. The Hall–Kier alpha value is -2.15. The van der Waals surface area contributed by atoms with Gasteiger partial charge in [0, 0.05) is 30.8 Å². The van der Waals surface area contributed by atoms with Crippen molar-refractivity contribution in [1.82, 2.24) is 10.6 Å². The Kier molecular flexibility index (Phi) is 5.92. The summed E-state index contributed by atoms with van der Waals surface area (Å²) in [4.78, 5) is 21.9. The van der Waals surface area contributed by atoms with Crippen LogP contribution in [0.15, 0.2) is 18.2 Å². The van der Waals surface area contributed by atoms with Gasteiger partial charge in [-0.3, -0.25) is 14.9 Å². The maximum Gasteiger partial charge on any atom is 0.270 e. The van der Waals surface area contributed by atoms with Crippen LogP contribution in [-0.4, -0.2) is 30.5 Å². The first-order valence-electron chi connectivity index (χ1n) is 6.32. The number of non-ortho nitro benzene ring substituents is 1. The molecule has 0 saturated heterocycles. The molecule has 0 radical (unpaired) electrons. The highest BCUT2D eigenvalue weighted by atomic mass is 16.6. The Morgan fingerprint density at radius 3 is 2.75 bits per heavy atom. The first-order valence-corrected chi connectivity index (χ1v) is 6.32. The van der Waals surface area contributed by atoms with Crippen LogP contribution in [0.25, 0.3) is 0 Å². The molecule has 7 heteroatoms. The van der Waals surface area contributed by atoms with Gasteiger partial charge in [0.15, 0.2) is 0 Å². The van der Waals surface area contributed by atoms with E-state index in [9.17, 15) is 14.9 Å². The van der Waals surface area contributed by atoms with Crippen LogP contribution >= 0.6 is 0 Å². The van der Waals surface area contributed by atoms with Gasteiger partial charge in [0.1, 0.15) is 5.75 Å². The number of nitro groups is 1. The van der Waals surface area contributed by atoms with E-state index in [0.29, 0.717) is 24.4 Å². The van der Waals surface area contributed by atoms with Gasteiger partial charge in [-0.15, -0.1) is 0 Å². The minimum Gasteiger partial charge on any atom is -0.496 e. The van der Waals surface area contributed by atoms with Crippen LogP contribution < -0.4 is 15.4 Å². The van der Waals surface area contributed by atoms with Crippen LogP contribution in [0.1, 0.15) is 19.4 Å². The van der Waals surface area contributed by atoms with E-state index >= 15 is 0 Å². The van der Waals surface area contributed by atoms with Crippen molar-refractivity contribution in [1.29, 1.82) is 0 Å². The number of methoxy groups -OCH3 is 1. The number of nitro benzene ring substituents is 1. The van der Waals surface area contributed by atoms with Gasteiger partial charge in [-0.2, -0.15) is 0 Å². The number of likely N-dealkylation sites (N-methyl/N-ethyl adjacent to an activating group) is 1. The monoisotopic (exact) mass is 281 g/mol. The minimum absolute atomic E-state index is 0.00624. The highest BCUT2D eigenvalue weighted by molar-refractivity contribution is 5.81. The first-order chi connectivity index (χ1) is 9.49. The van der Waals surface area contributed by atoms with Gasteiger partial charge < -0.3 is 15.4 Å². The van der Waals surface area contributed by atoms with Gasteiger partial charge in [-0.25, -0.2) is 0 Å². The lowest BCUT2D eigenvalue weighted by atomic mass is 10.1. The fourth-order valence-corrected chi connectivity index (χ4v) is 1.70. The number of hydrogen-bond acceptors (Lipinski definition) is 5. The van der Waals surface area contributed by atoms with Crippen molar-refractivity contribution in [2.24, 2.45) is 0 Å². The lowest BCUT2D eigenvalue weighted by Crippen LogP contribution is -2.41. The van der Waals surface area contributed by atoms with Crippen LogP contribution in [-0.2, 0) is 11.3 Å². The number of amides is 1. The van der Waals surface area contributed by atoms with E-state index in [-0.39, 0.29) is 17.6 Å². The molecule has 2 N–H and O–H groups in total. The SMILES string of the molecule is CCNC(=O)C(C)NCc1cc([N+](=O)[O-])ccc1OC. The molecule has 0 aromatic heterocycles. The zero-order valence-electron chi connectivity index (χ0n) is 11.8. The summed E-state index contributed by atoms with van der Waals surface area (Å²) < 4.78 is 5.16. The third-order valence-electron chi connectivity index (χ3n) is 2.82. The van der Waals surface area contributed by atoms with Gasteiger partial charge in [-0.05, 0) is 19.9 Å². The molecule has 1 rings (SSSR count). The van der Waals surface area contributed by atoms with Gasteiger partial charge in [0.05, 0.1) is 18.1 Å². The maximum absolute atomic E-state index is 11.6. The zero-order valence-corrected chi connectivity index (χ0v) is 11.8. The van der Waals surface area contributed by atoms with Crippen molar-refractivity contribution in [3.8, 4) is 5.75 Å². The average Bonchev–Trinajstić information content (AvgIpc) is 2.44. The van der Waals surface area contributed by atoms with Crippen LogP contribution in [0.3, 0.4) is 0 Å². The predicted octanol–water partition coefficient (Wildman–Crippen LogP) is 1.22. The number of nitrogens with one attached hydrogen (secondary N) is 2. The summed E-state index contributed by atoms with van der Waals surface area (Å²) in [6.07, 6.45) is 0. The molecule has 0 saturated carbocycles. The number of carbonyl (C=O) groups is 1. The van der Waals surface area contributed by atoms with Crippen molar-refractivity contribution in [2.75, 3.05) is 13.7 Å². The third kappa shape index (κ3) is 4.20. The van der Waals surface area contributed by atoms with Crippen molar-refractivity contribution in [2.45, 2.75) is 26.4 Å². The van der Waals surface area contributed by atoms with E-state index in [2.05, 4.69) is 10.6 Å². The number of ether oxygens (including phenoxy) is 1. The van der Waals surface area contributed by atoms with E-state index in [1.54, 1.807) is 13.0 Å². The second kappa shape index (κ2) is 7.44. The van der Waals surface area contributed by atoms with E-state index in [4.69, 9.17) is 4.74 Å². The molecule has 20 heavy (non-hydrogen) atoms. The van der Waals surface area contributed by atoms with E-state index in [0.717, 1.165) is 0 Å². The van der Waals surface area contributed by atoms with E-state index < -0.39 is 4.92 Å². The molecule has 0 aliphatic carbocycles. The van der Waals surface area contributed by atoms with Crippen molar-refractivity contribution in [3.05, 3.63) is 33.9 Å². The molecule has 0 fully saturated rings. The summed E-state index contributed by atoms with van der Waals surface area (Å²) in [5, 5.41) is 16.5. The first kappa shape index (κ1) is 15.9. The molecule has 0 heterocycles. The highest BCUT2D eigenvalue weighted by Crippen LogP contribution is 2.23. The van der Waals surface area contributed by atoms with Gasteiger partial charge in [0.25, 0.3) is 5.69 Å². The molecule has 0 spiro atoms. The number of carbonyl (C=O) groups excluding carboxylic acids is 1. The molecule has 7 nitrogen and oxygen atoms in total. The van der Waals surface area contributed by atoms with Crippen LogP contribution in [0.4, 0.5) is 5.69 Å². The number of nitrogens with zero attached hydrogens (tertiary/aromatic N) is 1.